The van der Waals surface area contributed by atoms with Gasteiger partial charge in [-0.15, -0.1) is 11.8 Å². The Hall–Kier alpha value is -2.08. The van der Waals surface area contributed by atoms with Gasteiger partial charge in [0.2, 0.25) is 0 Å². The second-order valence-electron chi connectivity index (χ2n) is 4.58. The maximum Gasteiger partial charge on any atom is 0.319 e. The van der Waals surface area contributed by atoms with E-state index >= 15 is 0 Å². The van der Waals surface area contributed by atoms with E-state index in [0.717, 1.165) is 16.3 Å². The number of nitrogens with zero attached hydrogens (tertiary/aromatic N) is 1. The van der Waals surface area contributed by atoms with Crippen LogP contribution in [0, 0.1) is 5.82 Å². The lowest BCUT2D eigenvalue weighted by Gasteiger charge is -2.08. The second-order valence-corrected chi connectivity index (χ2v) is 5.86. The van der Waals surface area contributed by atoms with Crippen LogP contribution in [-0.2, 0) is 6.42 Å². The van der Waals surface area contributed by atoms with E-state index in [2.05, 4.69) is 22.5 Å². The molecule has 2 rings (SSSR count). The summed E-state index contributed by atoms with van der Waals surface area (Å²) in [5, 5.41) is 6.42. The molecule has 0 unspecified atom stereocenters. The molecule has 22 heavy (non-hydrogen) atoms. The van der Waals surface area contributed by atoms with Crippen LogP contribution < -0.4 is 10.6 Å². The quantitative estimate of drug-likeness (QED) is 0.798. The molecule has 0 fully saturated rings. The second kappa shape index (κ2) is 8.38. The number of halogens is 1. The minimum Gasteiger partial charge on any atom is -0.338 e. The number of hydrogen-bond donors (Lipinski definition) is 2. The van der Waals surface area contributed by atoms with Crippen molar-refractivity contribution in [1.82, 2.24) is 10.3 Å². The Kier molecular flexibility index (Phi) is 6.21. The molecule has 2 aromatic rings. The molecular formula is C16H18FN3OS. The molecule has 2 amide bonds. The number of urea groups is 1. The van der Waals surface area contributed by atoms with Crippen molar-refractivity contribution in [2.24, 2.45) is 0 Å². The van der Waals surface area contributed by atoms with Crippen molar-refractivity contribution in [1.29, 1.82) is 0 Å². The number of amides is 2. The first-order chi connectivity index (χ1) is 10.7. The van der Waals surface area contributed by atoms with E-state index in [0.29, 0.717) is 18.7 Å². The summed E-state index contributed by atoms with van der Waals surface area (Å²) in [6.45, 7) is 2.54. The summed E-state index contributed by atoms with van der Waals surface area (Å²) in [7, 11) is 0. The van der Waals surface area contributed by atoms with Gasteiger partial charge in [-0.2, -0.15) is 0 Å². The van der Waals surface area contributed by atoms with Crippen LogP contribution in [0.3, 0.4) is 0 Å². The summed E-state index contributed by atoms with van der Waals surface area (Å²) in [6.07, 6.45) is 2.29. The topological polar surface area (TPSA) is 54.0 Å². The molecule has 6 heteroatoms. The Morgan fingerprint density at radius 1 is 1.23 bits per heavy atom. The van der Waals surface area contributed by atoms with Gasteiger partial charge in [0.1, 0.15) is 5.82 Å². The summed E-state index contributed by atoms with van der Waals surface area (Å²) in [4.78, 5) is 16.0. The Bertz CT molecular complexity index is 602. The van der Waals surface area contributed by atoms with Crippen LogP contribution in [0.1, 0.15) is 12.5 Å². The number of nitrogens with one attached hydrogen (secondary N) is 2. The smallest absolute Gasteiger partial charge is 0.319 e. The molecule has 0 bridgehead atoms. The van der Waals surface area contributed by atoms with Crippen molar-refractivity contribution in [3.8, 4) is 0 Å². The number of aromatic nitrogens is 1. The minimum atomic E-state index is -0.278. The molecule has 0 aliphatic heterocycles. The molecule has 0 spiro atoms. The van der Waals surface area contributed by atoms with E-state index in [4.69, 9.17) is 0 Å². The van der Waals surface area contributed by atoms with Gasteiger partial charge in [-0.25, -0.2) is 14.2 Å². The zero-order chi connectivity index (χ0) is 15.8. The van der Waals surface area contributed by atoms with Crippen molar-refractivity contribution in [2.75, 3.05) is 17.6 Å². The third kappa shape index (κ3) is 5.37. The first-order valence-corrected chi connectivity index (χ1v) is 8.04. The zero-order valence-corrected chi connectivity index (χ0v) is 13.1. The largest absolute Gasteiger partial charge is 0.338 e. The molecule has 4 nitrogen and oxygen atoms in total. The SMILES string of the molecule is CCSc1ccc(NC(=O)NCCc2ccc(F)cc2)cn1. The Morgan fingerprint density at radius 2 is 2.00 bits per heavy atom. The summed E-state index contributed by atoms with van der Waals surface area (Å²) >= 11 is 1.65. The maximum absolute atomic E-state index is 12.8. The molecular weight excluding hydrogens is 301 g/mol. The van der Waals surface area contributed by atoms with E-state index in [-0.39, 0.29) is 11.8 Å². The monoisotopic (exact) mass is 319 g/mol. The number of pyridine rings is 1. The summed E-state index contributed by atoms with van der Waals surface area (Å²) in [6, 6.07) is 9.67. The number of thioether (sulfide) groups is 1. The van der Waals surface area contributed by atoms with Crippen LogP contribution in [0.4, 0.5) is 14.9 Å². The van der Waals surface area contributed by atoms with Crippen molar-refractivity contribution in [3.05, 3.63) is 54.0 Å². The average Bonchev–Trinajstić information content (AvgIpc) is 2.51. The van der Waals surface area contributed by atoms with Gasteiger partial charge in [-0.3, -0.25) is 0 Å². The van der Waals surface area contributed by atoms with E-state index in [1.165, 1.54) is 12.1 Å². The molecule has 0 saturated heterocycles. The minimum absolute atomic E-state index is 0.258. The summed E-state index contributed by atoms with van der Waals surface area (Å²) < 4.78 is 12.8. The predicted molar refractivity (Wildman–Crippen MR) is 87.8 cm³/mol. The first kappa shape index (κ1) is 16.3. The maximum atomic E-state index is 12.8. The van der Waals surface area contributed by atoms with Gasteiger partial charge < -0.3 is 10.6 Å². The number of benzene rings is 1. The molecule has 0 saturated carbocycles. The van der Waals surface area contributed by atoms with Crippen LogP contribution in [-0.4, -0.2) is 23.3 Å². The van der Waals surface area contributed by atoms with Crippen molar-refractivity contribution >= 4 is 23.5 Å². The van der Waals surface area contributed by atoms with Crippen LogP contribution >= 0.6 is 11.8 Å². The van der Waals surface area contributed by atoms with Crippen LogP contribution in [0.15, 0.2) is 47.6 Å². The number of rotatable bonds is 6. The molecule has 1 heterocycles. The van der Waals surface area contributed by atoms with E-state index in [1.54, 1.807) is 30.1 Å². The number of anilines is 1. The lowest BCUT2D eigenvalue weighted by atomic mass is 10.1. The van der Waals surface area contributed by atoms with E-state index < -0.39 is 0 Å². The molecule has 116 valence electrons. The Morgan fingerprint density at radius 3 is 2.64 bits per heavy atom. The van der Waals surface area contributed by atoms with Gasteiger partial charge >= 0.3 is 6.03 Å². The number of hydrogen-bond acceptors (Lipinski definition) is 3. The number of carbonyl (C=O) groups excluding carboxylic acids is 1. The van der Waals surface area contributed by atoms with Crippen LogP contribution in [0.2, 0.25) is 0 Å². The van der Waals surface area contributed by atoms with E-state index in [9.17, 15) is 9.18 Å². The van der Waals surface area contributed by atoms with Crippen LogP contribution in [0.5, 0.6) is 0 Å². The van der Waals surface area contributed by atoms with Crippen molar-refractivity contribution in [2.45, 2.75) is 18.4 Å². The lowest BCUT2D eigenvalue weighted by molar-refractivity contribution is 0.252. The summed E-state index contributed by atoms with van der Waals surface area (Å²) in [5.74, 6) is 0.704. The number of carbonyl (C=O) groups is 1. The fourth-order valence-electron chi connectivity index (χ4n) is 1.83. The van der Waals surface area contributed by atoms with Crippen LogP contribution in [0.25, 0.3) is 0 Å². The molecule has 0 aliphatic rings. The molecule has 2 N–H and O–H groups in total. The zero-order valence-electron chi connectivity index (χ0n) is 12.3. The van der Waals surface area contributed by atoms with Gasteiger partial charge in [-0.1, -0.05) is 19.1 Å². The summed E-state index contributed by atoms with van der Waals surface area (Å²) in [5.41, 5.74) is 1.63. The molecule has 0 aliphatic carbocycles. The van der Waals surface area contributed by atoms with Gasteiger partial charge in [0.15, 0.2) is 0 Å². The van der Waals surface area contributed by atoms with Crippen molar-refractivity contribution < 1.29 is 9.18 Å². The fourth-order valence-corrected chi connectivity index (χ4v) is 2.42. The highest BCUT2D eigenvalue weighted by Crippen LogP contribution is 2.16. The molecule has 1 aromatic heterocycles. The van der Waals surface area contributed by atoms with Gasteiger partial charge in [0.25, 0.3) is 0 Å². The standard InChI is InChI=1S/C16H18FN3OS/c1-2-22-15-8-7-14(11-19-15)20-16(21)18-10-9-12-3-5-13(17)6-4-12/h3-8,11H,2,9-10H2,1H3,(H2,18,20,21). The van der Waals surface area contributed by atoms with Gasteiger partial charge in [-0.05, 0) is 42.0 Å². The highest BCUT2D eigenvalue weighted by Gasteiger charge is 2.02. The third-order valence-electron chi connectivity index (χ3n) is 2.90. The Labute approximate surface area is 133 Å². The molecule has 0 atom stereocenters. The highest BCUT2D eigenvalue weighted by molar-refractivity contribution is 7.99. The van der Waals surface area contributed by atoms with E-state index in [1.807, 2.05) is 12.1 Å². The van der Waals surface area contributed by atoms with Crippen molar-refractivity contribution in [3.63, 3.8) is 0 Å². The van der Waals surface area contributed by atoms with Gasteiger partial charge in [0, 0.05) is 6.54 Å². The fraction of sp³-hybridized carbons (Fsp3) is 0.250. The molecule has 1 aromatic carbocycles. The highest BCUT2D eigenvalue weighted by atomic mass is 32.2. The molecule has 0 radical (unpaired) electrons. The third-order valence-corrected chi connectivity index (χ3v) is 3.72. The predicted octanol–water partition coefficient (Wildman–Crippen LogP) is 3.70. The lowest BCUT2D eigenvalue weighted by Crippen LogP contribution is -2.30. The average molecular weight is 319 g/mol. The Balaban J connectivity index is 1.74. The van der Waals surface area contributed by atoms with Gasteiger partial charge in [0.05, 0.1) is 16.9 Å². The normalized spacial score (nSPS) is 10.3. The first-order valence-electron chi connectivity index (χ1n) is 7.05.